The Bertz CT molecular complexity index is 1270. The zero-order chi connectivity index (χ0) is 23.2. The first-order valence-corrected chi connectivity index (χ1v) is 10.8. The normalized spacial score (nSPS) is 15.8. The molecular formula is C26H25N3O2S. The molecule has 0 bridgehead atoms. The van der Waals surface area contributed by atoms with Gasteiger partial charge in [-0.3, -0.25) is 19.4 Å². The minimum atomic E-state index is -0.415. The number of carbonyl (C=O) groups excluding carboxylic acids is 2. The number of carbonyl (C=O) groups is 2. The van der Waals surface area contributed by atoms with Gasteiger partial charge >= 0.3 is 0 Å². The summed E-state index contributed by atoms with van der Waals surface area (Å²) < 4.78 is 2.12. The number of aryl methyl sites for hydroxylation is 3. The lowest BCUT2D eigenvalue weighted by atomic mass is 10.1. The molecule has 0 aliphatic carbocycles. The number of hydrogen-bond acceptors (Lipinski definition) is 3. The van der Waals surface area contributed by atoms with Gasteiger partial charge in [-0.05, 0) is 81.9 Å². The molecule has 4 rings (SSSR count). The van der Waals surface area contributed by atoms with Crippen LogP contribution in [-0.4, -0.2) is 33.4 Å². The molecule has 1 fully saturated rings. The smallest absolute Gasteiger partial charge is 0.270 e. The SMILES string of the molecule is Cc1ccc(N2C(=O)C(=Cc3cc(C)n(-c4ccc(C)cc4)c3C)C(=O)N(C)C2=S)cc1. The molecule has 0 atom stereocenters. The van der Waals surface area contributed by atoms with Gasteiger partial charge in [0, 0.05) is 24.1 Å². The Morgan fingerprint density at radius 3 is 1.88 bits per heavy atom. The van der Waals surface area contributed by atoms with Gasteiger partial charge in [-0.25, -0.2) is 0 Å². The predicted octanol–water partition coefficient (Wildman–Crippen LogP) is 4.88. The molecule has 1 aromatic heterocycles. The van der Waals surface area contributed by atoms with E-state index in [2.05, 4.69) is 35.8 Å². The summed E-state index contributed by atoms with van der Waals surface area (Å²) in [5.74, 6) is -0.814. The second-order valence-electron chi connectivity index (χ2n) is 8.18. The standard InChI is InChI=1S/C26H25N3O2S/c1-16-6-10-21(11-7-16)28-18(3)14-20(19(28)4)15-23-24(30)27(5)26(32)29(25(23)31)22-12-8-17(2)9-13-22/h6-15H,1-5H3. The van der Waals surface area contributed by atoms with E-state index in [0.717, 1.165) is 28.2 Å². The third-order valence-electron chi connectivity index (χ3n) is 5.80. The lowest BCUT2D eigenvalue weighted by Crippen LogP contribution is -2.54. The summed E-state index contributed by atoms with van der Waals surface area (Å²) in [6.45, 7) is 8.03. The van der Waals surface area contributed by atoms with Crippen LogP contribution in [0.25, 0.3) is 11.8 Å². The number of nitrogens with zero attached hydrogens (tertiary/aromatic N) is 3. The van der Waals surface area contributed by atoms with E-state index in [1.165, 1.54) is 15.4 Å². The van der Waals surface area contributed by atoms with E-state index in [4.69, 9.17) is 12.2 Å². The zero-order valence-corrected chi connectivity index (χ0v) is 19.7. The van der Waals surface area contributed by atoms with Crippen LogP contribution in [0, 0.1) is 27.7 Å². The summed E-state index contributed by atoms with van der Waals surface area (Å²) in [7, 11) is 1.60. The minimum absolute atomic E-state index is 0.0887. The Labute approximate surface area is 193 Å². The average Bonchev–Trinajstić information content (AvgIpc) is 3.05. The largest absolute Gasteiger partial charge is 0.318 e. The Morgan fingerprint density at radius 2 is 1.31 bits per heavy atom. The van der Waals surface area contributed by atoms with E-state index >= 15 is 0 Å². The fourth-order valence-electron chi connectivity index (χ4n) is 3.94. The molecule has 2 heterocycles. The highest BCUT2D eigenvalue weighted by Gasteiger charge is 2.38. The molecule has 5 nitrogen and oxygen atoms in total. The van der Waals surface area contributed by atoms with Crippen LogP contribution in [0.15, 0.2) is 60.2 Å². The highest BCUT2D eigenvalue weighted by atomic mass is 32.1. The molecule has 162 valence electrons. The molecule has 0 radical (unpaired) electrons. The molecule has 1 aliphatic heterocycles. The van der Waals surface area contributed by atoms with Gasteiger partial charge in [-0.15, -0.1) is 0 Å². The summed E-state index contributed by atoms with van der Waals surface area (Å²) in [6, 6.07) is 17.8. The number of aromatic nitrogens is 1. The number of hydrogen-bond donors (Lipinski definition) is 0. The predicted molar refractivity (Wildman–Crippen MR) is 132 cm³/mol. The van der Waals surface area contributed by atoms with Crippen LogP contribution in [0.2, 0.25) is 0 Å². The maximum absolute atomic E-state index is 13.4. The van der Waals surface area contributed by atoms with Crippen LogP contribution in [-0.2, 0) is 9.59 Å². The summed E-state index contributed by atoms with van der Waals surface area (Å²) in [5.41, 5.74) is 6.83. The Morgan fingerprint density at radius 1 is 0.781 bits per heavy atom. The Kier molecular flexibility index (Phi) is 5.57. The van der Waals surface area contributed by atoms with Gasteiger partial charge < -0.3 is 4.57 Å². The van der Waals surface area contributed by atoms with E-state index in [9.17, 15) is 9.59 Å². The number of benzene rings is 2. The van der Waals surface area contributed by atoms with Crippen molar-refractivity contribution in [3.63, 3.8) is 0 Å². The first-order chi connectivity index (χ1) is 15.2. The number of amides is 2. The molecule has 2 aromatic carbocycles. The molecule has 6 heteroatoms. The zero-order valence-electron chi connectivity index (χ0n) is 18.8. The quantitative estimate of drug-likeness (QED) is 0.329. The molecule has 2 amide bonds. The maximum Gasteiger partial charge on any atom is 0.270 e. The number of rotatable bonds is 3. The van der Waals surface area contributed by atoms with Crippen molar-refractivity contribution in [2.45, 2.75) is 27.7 Å². The van der Waals surface area contributed by atoms with Crippen molar-refractivity contribution < 1.29 is 9.59 Å². The van der Waals surface area contributed by atoms with Crippen LogP contribution < -0.4 is 4.90 Å². The van der Waals surface area contributed by atoms with Crippen LogP contribution in [0.3, 0.4) is 0 Å². The van der Waals surface area contributed by atoms with Crippen LogP contribution in [0.1, 0.15) is 28.1 Å². The molecule has 3 aromatic rings. The van der Waals surface area contributed by atoms with Crippen LogP contribution >= 0.6 is 12.2 Å². The van der Waals surface area contributed by atoms with Crippen LogP contribution in [0.5, 0.6) is 0 Å². The first kappa shape index (κ1) is 21.7. The third kappa shape index (κ3) is 3.67. The van der Waals surface area contributed by atoms with Crippen molar-refractivity contribution in [2.24, 2.45) is 0 Å². The van der Waals surface area contributed by atoms with E-state index in [0.29, 0.717) is 5.69 Å². The highest BCUT2D eigenvalue weighted by Crippen LogP contribution is 2.28. The van der Waals surface area contributed by atoms with E-state index in [1.54, 1.807) is 13.1 Å². The summed E-state index contributed by atoms with van der Waals surface area (Å²) in [6.07, 6.45) is 1.68. The van der Waals surface area contributed by atoms with Gasteiger partial charge in [-0.2, -0.15) is 0 Å². The fourth-order valence-corrected chi connectivity index (χ4v) is 4.21. The first-order valence-electron chi connectivity index (χ1n) is 10.4. The van der Waals surface area contributed by atoms with Crippen molar-refractivity contribution in [3.05, 3.63) is 88.2 Å². The lowest BCUT2D eigenvalue weighted by Gasteiger charge is -2.34. The second kappa shape index (κ2) is 8.20. The Balaban J connectivity index is 1.79. The molecule has 0 unspecified atom stereocenters. The van der Waals surface area contributed by atoms with Gasteiger partial charge in [0.15, 0.2) is 5.11 Å². The van der Waals surface area contributed by atoms with Crippen molar-refractivity contribution in [2.75, 3.05) is 11.9 Å². The fraction of sp³-hybridized carbons (Fsp3) is 0.192. The summed E-state index contributed by atoms with van der Waals surface area (Å²) in [5, 5.41) is 0.172. The molecule has 0 spiro atoms. The Hall–Kier alpha value is -3.51. The van der Waals surface area contributed by atoms with Crippen molar-refractivity contribution in [1.82, 2.24) is 9.47 Å². The number of anilines is 1. The average molecular weight is 444 g/mol. The molecule has 1 saturated heterocycles. The van der Waals surface area contributed by atoms with Gasteiger partial charge in [0.1, 0.15) is 5.57 Å². The number of thiocarbonyl (C=S) groups is 1. The van der Waals surface area contributed by atoms with Crippen molar-refractivity contribution in [3.8, 4) is 5.69 Å². The molecule has 1 aliphatic rings. The van der Waals surface area contributed by atoms with Gasteiger partial charge in [0.05, 0.1) is 5.69 Å². The van der Waals surface area contributed by atoms with E-state index < -0.39 is 11.8 Å². The second-order valence-corrected chi connectivity index (χ2v) is 8.54. The van der Waals surface area contributed by atoms with E-state index in [-0.39, 0.29) is 10.7 Å². The van der Waals surface area contributed by atoms with Crippen LogP contribution in [0.4, 0.5) is 5.69 Å². The van der Waals surface area contributed by atoms with Crippen molar-refractivity contribution >= 4 is 40.9 Å². The topological polar surface area (TPSA) is 45.6 Å². The molecular weight excluding hydrogens is 418 g/mol. The molecule has 0 saturated carbocycles. The highest BCUT2D eigenvalue weighted by molar-refractivity contribution is 7.80. The lowest BCUT2D eigenvalue weighted by molar-refractivity contribution is -0.127. The molecule has 0 N–H and O–H groups in total. The van der Waals surface area contributed by atoms with Gasteiger partial charge in [0.25, 0.3) is 11.8 Å². The van der Waals surface area contributed by atoms with E-state index in [1.807, 2.05) is 51.1 Å². The third-order valence-corrected chi connectivity index (χ3v) is 6.26. The maximum atomic E-state index is 13.4. The number of likely N-dealkylation sites (N-methyl/N-ethyl adjacent to an activating group) is 1. The minimum Gasteiger partial charge on any atom is -0.318 e. The monoisotopic (exact) mass is 443 g/mol. The van der Waals surface area contributed by atoms with Gasteiger partial charge in [0.2, 0.25) is 0 Å². The van der Waals surface area contributed by atoms with Crippen molar-refractivity contribution in [1.29, 1.82) is 0 Å². The van der Waals surface area contributed by atoms with Gasteiger partial charge in [-0.1, -0.05) is 35.4 Å². The molecule has 32 heavy (non-hydrogen) atoms. The summed E-state index contributed by atoms with van der Waals surface area (Å²) >= 11 is 5.44. The summed E-state index contributed by atoms with van der Waals surface area (Å²) in [4.78, 5) is 29.2.